The maximum Gasteiger partial charge on any atom is 0.191 e. The molecule has 3 rings (SSSR count). The van der Waals surface area contributed by atoms with E-state index in [1.807, 2.05) is 12.1 Å². The summed E-state index contributed by atoms with van der Waals surface area (Å²) in [5.74, 6) is 0.504. The molecule has 2 aromatic carbocycles. The van der Waals surface area contributed by atoms with Gasteiger partial charge in [0.2, 0.25) is 0 Å². The summed E-state index contributed by atoms with van der Waals surface area (Å²) in [7, 11) is 1.74. The van der Waals surface area contributed by atoms with Crippen molar-refractivity contribution < 1.29 is 4.39 Å². The van der Waals surface area contributed by atoms with Gasteiger partial charge < -0.3 is 15.6 Å². The molecule has 0 radical (unpaired) electrons. The van der Waals surface area contributed by atoms with Crippen LogP contribution in [0.2, 0.25) is 0 Å². The second-order valence-corrected chi connectivity index (χ2v) is 5.95. The number of guanidine groups is 1. The van der Waals surface area contributed by atoms with E-state index in [1.54, 1.807) is 13.1 Å². The lowest BCUT2D eigenvalue weighted by Gasteiger charge is -2.12. The van der Waals surface area contributed by atoms with Gasteiger partial charge in [0.05, 0.1) is 0 Å². The zero-order chi connectivity index (χ0) is 17.5. The summed E-state index contributed by atoms with van der Waals surface area (Å²) < 4.78 is 13.2. The van der Waals surface area contributed by atoms with E-state index < -0.39 is 0 Å². The number of halogens is 1. The van der Waals surface area contributed by atoms with Crippen molar-refractivity contribution in [1.82, 2.24) is 15.6 Å². The number of hydrogen-bond donors (Lipinski definition) is 3. The van der Waals surface area contributed by atoms with Crippen LogP contribution in [-0.2, 0) is 13.0 Å². The first kappa shape index (κ1) is 17.0. The van der Waals surface area contributed by atoms with Gasteiger partial charge in [0.15, 0.2) is 5.96 Å². The molecule has 0 fully saturated rings. The van der Waals surface area contributed by atoms with Gasteiger partial charge in [0, 0.05) is 37.2 Å². The van der Waals surface area contributed by atoms with E-state index >= 15 is 0 Å². The Morgan fingerprint density at radius 2 is 2.00 bits per heavy atom. The minimum absolute atomic E-state index is 0.221. The molecule has 0 unspecified atom stereocenters. The van der Waals surface area contributed by atoms with Crippen LogP contribution in [0.1, 0.15) is 17.5 Å². The number of nitrogens with one attached hydrogen (secondary N) is 3. The molecular weight excluding hydrogens is 315 g/mol. The maximum atomic E-state index is 13.2. The van der Waals surface area contributed by atoms with Crippen LogP contribution in [-0.4, -0.2) is 24.5 Å². The van der Waals surface area contributed by atoms with E-state index in [0.29, 0.717) is 6.54 Å². The smallest absolute Gasteiger partial charge is 0.191 e. The molecule has 3 aromatic rings. The van der Waals surface area contributed by atoms with Gasteiger partial charge in [-0.2, -0.15) is 0 Å². The topological polar surface area (TPSA) is 52.2 Å². The minimum Gasteiger partial charge on any atom is -0.361 e. The molecule has 0 aliphatic carbocycles. The van der Waals surface area contributed by atoms with Crippen molar-refractivity contribution in [3.05, 3.63) is 71.7 Å². The van der Waals surface area contributed by atoms with E-state index in [9.17, 15) is 4.39 Å². The van der Waals surface area contributed by atoms with Crippen LogP contribution in [0.3, 0.4) is 0 Å². The summed E-state index contributed by atoms with van der Waals surface area (Å²) >= 11 is 0. The fourth-order valence-corrected chi connectivity index (χ4v) is 2.88. The summed E-state index contributed by atoms with van der Waals surface area (Å²) in [6, 6.07) is 14.9. The van der Waals surface area contributed by atoms with Crippen molar-refractivity contribution >= 4 is 16.9 Å². The Morgan fingerprint density at radius 1 is 1.12 bits per heavy atom. The Bertz CT molecular complexity index is 854. The first-order valence-corrected chi connectivity index (χ1v) is 8.50. The molecule has 0 spiro atoms. The molecule has 3 N–H and O–H groups in total. The number of hydrogen-bond acceptors (Lipinski definition) is 1. The van der Waals surface area contributed by atoms with E-state index in [-0.39, 0.29) is 5.82 Å². The normalized spacial score (nSPS) is 11.7. The highest BCUT2D eigenvalue weighted by molar-refractivity contribution is 5.83. The third kappa shape index (κ3) is 4.59. The summed E-state index contributed by atoms with van der Waals surface area (Å²) in [5, 5.41) is 7.79. The molecule has 25 heavy (non-hydrogen) atoms. The zero-order valence-electron chi connectivity index (χ0n) is 14.3. The Balaban J connectivity index is 1.44. The number of aryl methyl sites for hydroxylation is 1. The van der Waals surface area contributed by atoms with Gasteiger partial charge in [0.1, 0.15) is 5.82 Å². The average Bonchev–Trinajstić information content (AvgIpc) is 3.04. The predicted molar refractivity (Wildman–Crippen MR) is 101 cm³/mol. The third-order valence-electron chi connectivity index (χ3n) is 4.16. The fraction of sp³-hybridized carbons (Fsp3) is 0.250. The molecule has 130 valence electrons. The Kier molecular flexibility index (Phi) is 5.67. The van der Waals surface area contributed by atoms with E-state index in [1.165, 1.54) is 28.6 Å². The molecule has 0 aliphatic heterocycles. The number of rotatable bonds is 6. The SMILES string of the molecule is CN=C(NCCCc1c[nH]c2ccccc12)NCc1cccc(F)c1. The van der Waals surface area contributed by atoms with Crippen molar-refractivity contribution in [1.29, 1.82) is 0 Å². The van der Waals surface area contributed by atoms with Crippen molar-refractivity contribution in [2.24, 2.45) is 4.99 Å². The van der Waals surface area contributed by atoms with E-state index in [4.69, 9.17) is 0 Å². The molecule has 1 heterocycles. The second kappa shape index (κ2) is 8.33. The van der Waals surface area contributed by atoms with Crippen molar-refractivity contribution in [2.75, 3.05) is 13.6 Å². The molecule has 0 saturated carbocycles. The highest BCUT2D eigenvalue weighted by Gasteiger charge is 2.03. The number of aromatic amines is 1. The monoisotopic (exact) mass is 338 g/mol. The van der Waals surface area contributed by atoms with E-state index in [2.05, 4.69) is 45.0 Å². The van der Waals surface area contributed by atoms with Crippen LogP contribution >= 0.6 is 0 Å². The highest BCUT2D eigenvalue weighted by Crippen LogP contribution is 2.18. The van der Waals surface area contributed by atoms with Crippen LogP contribution in [0, 0.1) is 5.82 Å². The van der Waals surface area contributed by atoms with Gasteiger partial charge >= 0.3 is 0 Å². The lowest BCUT2D eigenvalue weighted by atomic mass is 10.1. The number of fused-ring (bicyclic) bond motifs is 1. The first-order chi connectivity index (χ1) is 12.3. The molecule has 4 nitrogen and oxygen atoms in total. The zero-order valence-corrected chi connectivity index (χ0v) is 14.3. The summed E-state index contributed by atoms with van der Waals surface area (Å²) in [6.07, 6.45) is 4.09. The Morgan fingerprint density at radius 3 is 2.84 bits per heavy atom. The van der Waals surface area contributed by atoms with Gasteiger partial charge in [-0.1, -0.05) is 30.3 Å². The summed E-state index contributed by atoms with van der Waals surface area (Å²) in [5.41, 5.74) is 3.40. The predicted octanol–water partition coefficient (Wildman–Crippen LogP) is 3.60. The third-order valence-corrected chi connectivity index (χ3v) is 4.16. The Labute approximate surface area is 147 Å². The number of para-hydroxylation sites is 1. The molecule has 0 amide bonds. The van der Waals surface area contributed by atoms with E-state index in [0.717, 1.165) is 30.9 Å². The van der Waals surface area contributed by atoms with Crippen molar-refractivity contribution in [3.8, 4) is 0 Å². The molecule has 0 aliphatic rings. The molecule has 0 atom stereocenters. The second-order valence-electron chi connectivity index (χ2n) is 5.95. The lowest BCUT2D eigenvalue weighted by molar-refractivity contribution is 0.624. The molecule has 1 aromatic heterocycles. The standard InChI is InChI=1S/C20H23FN4/c1-22-20(25-13-15-6-4-8-17(21)12-15)23-11-5-7-16-14-24-19-10-3-2-9-18(16)19/h2-4,6,8-10,12,14,24H,5,7,11,13H2,1H3,(H2,22,23,25). The van der Waals surface area contributed by atoms with Crippen molar-refractivity contribution in [2.45, 2.75) is 19.4 Å². The maximum absolute atomic E-state index is 13.2. The average molecular weight is 338 g/mol. The van der Waals surface area contributed by atoms with Gasteiger partial charge in [-0.25, -0.2) is 4.39 Å². The summed E-state index contributed by atoms with van der Waals surface area (Å²) in [6.45, 7) is 1.36. The number of H-pyrrole nitrogens is 1. The molecule has 0 saturated heterocycles. The van der Waals surface area contributed by atoms with Gasteiger partial charge in [0.25, 0.3) is 0 Å². The van der Waals surface area contributed by atoms with Crippen LogP contribution in [0.5, 0.6) is 0 Å². The highest BCUT2D eigenvalue weighted by atomic mass is 19.1. The largest absolute Gasteiger partial charge is 0.361 e. The quantitative estimate of drug-likeness (QED) is 0.365. The number of aliphatic imine (C=N–C) groups is 1. The van der Waals surface area contributed by atoms with Gasteiger partial charge in [-0.3, -0.25) is 4.99 Å². The molecular formula is C20H23FN4. The number of aromatic nitrogens is 1. The minimum atomic E-state index is -0.221. The number of nitrogens with zero attached hydrogens (tertiary/aromatic N) is 1. The van der Waals surface area contributed by atoms with Crippen LogP contribution < -0.4 is 10.6 Å². The van der Waals surface area contributed by atoms with Gasteiger partial charge in [-0.15, -0.1) is 0 Å². The molecule has 0 bridgehead atoms. The molecule has 5 heteroatoms. The summed E-state index contributed by atoms with van der Waals surface area (Å²) in [4.78, 5) is 7.51. The van der Waals surface area contributed by atoms with Crippen LogP contribution in [0.4, 0.5) is 4.39 Å². The number of benzene rings is 2. The van der Waals surface area contributed by atoms with Crippen LogP contribution in [0.15, 0.2) is 59.7 Å². The van der Waals surface area contributed by atoms with Crippen LogP contribution in [0.25, 0.3) is 10.9 Å². The van der Waals surface area contributed by atoms with Crippen molar-refractivity contribution in [3.63, 3.8) is 0 Å². The first-order valence-electron chi connectivity index (χ1n) is 8.50. The fourth-order valence-electron chi connectivity index (χ4n) is 2.88. The lowest BCUT2D eigenvalue weighted by Crippen LogP contribution is -2.37. The Hall–Kier alpha value is -2.82. The van der Waals surface area contributed by atoms with Gasteiger partial charge in [-0.05, 0) is 42.2 Å².